The first-order valence-corrected chi connectivity index (χ1v) is 5.24. The molecule has 1 saturated heterocycles. The highest BCUT2D eigenvalue weighted by Gasteiger charge is 2.34. The molecule has 0 spiro atoms. The van der Waals surface area contributed by atoms with Crippen LogP contribution in [-0.4, -0.2) is 30.5 Å². The van der Waals surface area contributed by atoms with Crippen LogP contribution in [0.15, 0.2) is 30.3 Å². The van der Waals surface area contributed by atoms with E-state index >= 15 is 0 Å². The van der Waals surface area contributed by atoms with Crippen LogP contribution >= 0.6 is 0 Å². The van der Waals surface area contributed by atoms with Crippen molar-refractivity contribution < 1.29 is 9.13 Å². The zero-order chi connectivity index (χ0) is 10.7. The van der Waals surface area contributed by atoms with E-state index in [1.165, 1.54) is 0 Å². The smallest absolute Gasteiger partial charge is 0.185 e. The van der Waals surface area contributed by atoms with Crippen molar-refractivity contribution in [3.8, 4) is 0 Å². The minimum atomic E-state index is -1.34. The summed E-state index contributed by atoms with van der Waals surface area (Å²) < 4.78 is 19.2. The van der Waals surface area contributed by atoms with Crippen LogP contribution in [0.2, 0.25) is 0 Å². The second kappa shape index (κ2) is 4.29. The third-order valence-corrected chi connectivity index (χ3v) is 2.75. The molecule has 1 fully saturated rings. The summed E-state index contributed by atoms with van der Waals surface area (Å²) in [6.45, 7) is 3.67. The number of alkyl halides is 1. The molecule has 82 valence electrons. The summed E-state index contributed by atoms with van der Waals surface area (Å²) in [5.41, 5.74) is 1.14. The predicted octanol–water partition coefficient (Wildman–Crippen LogP) is 2.20. The average Bonchev–Trinajstić information content (AvgIpc) is 2.23. The quantitative estimate of drug-likeness (QED) is 0.692. The molecule has 1 atom stereocenters. The van der Waals surface area contributed by atoms with E-state index in [1.54, 1.807) is 6.92 Å². The topological polar surface area (TPSA) is 12.5 Å². The fourth-order valence-corrected chi connectivity index (χ4v) is 1.81. The Morgan fingerprint density at radius 3 is 2.80 bits per heavy atom. The van der Waals surface area contributed by atoms with Crippen molar-refractivity contribution in [3.63, 3.8) is 0 Å². The number of hydrogen-bond acceptors (Lipinski definition) is 2. The van der Waals surface area contributed by atoms with E-state index in [2.05, 4.69) is 0 Å². The zero-order valence-corrected chi connectivity index (χ0v) is 8.95. The molecule has 1 aliphatic rings. The van der Waals surface area contributed by atoms with Crippen molar-refractivity contribution in [2.75, 3.05) is 19.8 Å². The molecular weight excluding hydrogens is 193 g/mol. The van der Waals surface area contributed by atoms with E-state index in [-0.39, 0.29) is 6.61 Å². The Morgan fingerprint density at radius 2 is 2.13 bits per heavy atom. The van der Waals surface area contributed by atoms with Crippen molar-refractivity contribution >= 4 is 0 Å². The Labute approximate surface area is 89.7 Å². The molecule has 3 heteroatoms. The van der Waals surface area contributed by atoms with E-state index < -0.39 is 5.79 Å². The number of ether oxygens (including phenoxy) is 1. The first-order chi connectivity index (χ1) is 7.18. The van der Waals surface area contributed by atoms with Crippen molar-refractivity contribution in [2.24, 2.45) is 0 Å². The lowest BCUT2D eigenvalue weighted by Gasteiger charge is -2.38. The SMILES string of the molecule is C[C@@]1(F)COCCN1Cc1ccccc1. The largest absolute Gasteiger partial charge is 0.375 e. The molecule has 2 rings (SSSR count). The molecule has 1 aliphatic heterocycles. The fourth-order valence-electron chi connectivity index (χ4n) is 1.81. The maximum Gasteiger partial charge on any atom is 0.185 e. The van der Waals surface area contributed by atoms with Gasteiger partial charge in [0.05, 0.1) is 13.2 Å². The first-order valence-electron chi connectivity index (χ1n) is 5.24. The van der Waals surface area contributed by atoms with Crippen molar-refractivity contribution in [1.29, 1.82) is 0 Å². The van der Waals surface area contributed by atoms with Crippen molar-refractivity contribution in [3.05, 3.63) is 35.9 Å². The molecule has 1 heterocycles. The molecule has 2 nitrogen and oxygen atoms in total. The Morgan fingerprint density at radius 1 is 1.40 bits per heavy atom. The summed E-state index contributed by atoms with van der Waals surface area (Å²) in [6, 6.07) is 9.96. The van der Waals surface area contributed by atoms with Crippen LogP contribution < -0.4 is 0 Å². The summed E-state index contributed by atoms with van der Waals surface area (Å²) in [6.07, 6.45) is 0. The van der Waals surface area contributed by atoms with Crippen LogP contribution in [-0.2, 0) is 11.3 Å². The molecule has 15 heavy (non-hydrogen) atoms. The third kappa shape index (κ3) is 2.55. The van der Waals surface area contributed by atoms with E-state index in [9.17, 15) is 4.39 Å². The van der Waals surface area contributed by atoms with Gasteiger partial charge in [0.1, 0.15) is 0 Å². The lowest BCUT2D eigenvalue weighted by Crippen LogP contribution is -2.51. The monoisotopic (exact) mass is 209 g/mol. The molecule has 1 aromatic carbocycles. The highest BCUT2D eigenvalue weighted by molar-refractivity contribution is 5.14. The maximum absolute atomic E-state index is 14.0. The fraction of sp³-hybridized carbons (Fsp3) is 0.500. The predicted molar refractivity (Wildman–Crippen MR) is 57.2 cm³/mol. The molecular formula is C12H16FNO. The molecule has 1 aromatic rings. The van der Waals surface area contributed by atoms with Gasteiger partial charge in [0.2, 0.25) is 0 Å². The van der Waals surface area contributed by atoms with Crippen LogP contribution in [0.5, 0.6) is 0 Å². The van der Waals surface area contributed by atoms with E-state index in [1.807, 2.05) is 35.2 Å². The van der Waals surface area contributed by atoms with E-state index in [4.69, 9.17) is 4.74 Å². The second-order valence-electron chi connectivity index (χ2n) is 4.10. The van der Waals surface area contributed by atoms with Crippen LogP contribution in [0.4, 0.5) is 4.39 Å². The van der Waals surface area contributed by atoms with Gasteiger partial charge in [-0.2, -0.15) is 0 Å². The highest BCUT2D eigenvalue weighted by Crippen LogP contribution is 2.23. The van der Waals surface area contributed by atoms with Gasteiger partial charge in [-0.1, -0.05) is 30.3 Å². The summed E-state index contributed by atoms with van der Waals surface area (Å²) in [7, 11) is 0. The minimum absolute atomic E-state index is 0.167. The zero-order valence-electron chi connectivity index (χ0n) is 8.95. The molecule has 0 amide bonds. The van der Waals surface area contributed by atoms with Gasteiger partial charge in [0, 0.05) is 13.1 Å². The average molecular weight is 209 g/mol. The van der Waals surface area contributed by atoms with Gasteiger partial charge in [-0.25, -0.2) is 4.39 Å². The standard InChI is InChI=1S/C12H16FNO/c1-12(13)10-15-8-7-14(12)9-11-5-3-2-4-6-11/h2-6H,7-10H2,1H3/t12-/m0/s1. The Bertz CT molecular complexity index is 313. The summed E-state index contributed by atoms with van der Waals surface area (Å²) in [5.74, 6) is -1.34. The molecule has 0 radical (unpaired) electrons. The highest BCUT2D eigenvalue weighted by atomic mass is 19.1. The lowest BCUT2D eigenvalue weighted by atomic mass is 10.1. The van der Waals surface area contributed by atoms with Gasteiger partial charge in [-0.05, 0) is 12.5 Å². The van der Waals surface area contributed by atoms with Crippen LogP contribution in [0.3, 0.4) is 0 Å². The first kappa shape index (κ1) is 10.6. The molecule has 0 saturated carbocycles. The van der Waals surface area contributed by atoms with Crippen LogP contribution in [0.25, 0.3) is 0 Å². The third-order valence-electron chi connectivity index (χ3n) is 2.75. The molecule has 0 bridgehead atoms. The van der Waals surface area contributed by atoms with Gasteiger partial charge in [-0.3, -0.25) is 4.90 Å². The maximum atomic E-state index is 14.0. The second-order valence-corrected chi connectivity index (χ2v) is 4.10. The molecule has 0 unspecified atom stereocenters. The number of nitrogens with zero attached hydrogens (tertiary/aromatic N) is 1. The Hall–Kier alpha value is -0.930. The molecule has 0 N–H and O–H groups in total. The Balaban J connectivity index is 2.05. The summed E-state index contributed by atoms with van der Waals surface area (Å²) >= 11 is 0. The number of morpholine rings is 1. The van der Waals surface area contributed by atoms with Crippen LogP contribution in [0.1, 0.15) is 12.5 Å². The number of rotatable bonds is 2. The van der Waals surface area contributed by atoms with Gasteiger partial charge >= 0.3 is 0 Å². The molecule has 0 aliphatic carbocycles. The van der Waals surface area contributed by atoms with E-state index in [0.29, 0.717) is 19.7 Å². The Kier molecular flexibility index (Phi) is 3.03. The van der Waals surface area contributed by atoms with Crippen molar-refractivity contribution in [2.45, 2.75) is 19.3 Å². The summed E-state index contributed by atoms with van der Waals surface area (Å²) in [4.78, 5) is 1.83. The number of halogens is 1. The minimum Gasteiger partial charge on any atom is -0.375 e. The number of hydrogen-bond donors (Lipinski definition) is 0. The van der Waals surface area contributed by atoms with E-state index in [0.717, 1.165) is 5.56 Å². The molecule has 0 aromatic heterocycles. The van der Waals surface area contributed by atoms with Gasteiger partial charge in [-0.15, -0.1) is 0 Å². The van der Waals surface area contributed by atoms with Gasteiger partial charge in [0.15, 0.2) is 5.79 Å². The van der Waals surface area contributed by atoms with Crippen molar-refractivity contribution in [1.82, 2.24) is 4.90 Å². The van der Waals surface area contributed by atoms with Gasteiger partial charge < -0.3 is 4.74 Å². The number of benzene rings is 1. The van der Waals surface area contributed by atoms with Gasteiger partial charge in [0.25, 0.3) is 0 Å². The normalized spacial score (nSPS) is 27.9. The lowest BCUT2D eigenvalue weighted by molar-refractivity contribution is -0.134. The summed E-state index contributed by atoms with van der Waals surface area (Å²) in [5, 5.41) is 0. The van der Waals surface area contributed by atoms with Crippen LogP contribution in [0, 0.1) is 0 Å².